The van der Waals surface area contributed by atoms with Gasteiger partial charge >= 0.3 is 0 Å². The van der Waals surface area contributed by atoms with Gasteiger partial charge in [-0.25, -0.2) is 0 Å². The van der Waals surface area contributed by atoms with Crippen molar-refractivity contribution in [2.75, 3.05) is 6.54 Å². The monoisotopic (exact) mass is 166 g/mol. The summed E-state index contributed by atoms with van der Waals surface area (Å²) in [6, 6.07) is 0.352. The zero-order valence-corrected chi connectivity index (χ0v) is 7.26. The highest BCUT2D eigenvalue weighted by molar-refractivity contribution is 5.75. The highest BCUT2D eigenvalue weighted by atomic mass is 16.1. The summed E-state index contributed by atoms with van der Waals surface area (Å²) < 4.78 is 0. The summed E-state index contributed by atoms with van der Waals surface area (Å²) in [5, 5.41) is 6.03. The summed E-state index contributed by atoms with van der Waals surface area (Å²) in [4.78, 5) is 11.0. The fourth-order valence-electron chi connectivity index (χ4n) is 1.30. The van der Waals surface area contributed by atoms with Gasteiger partial charge in [-0.15, -0.1) is 6.42 Å². The van der Waals surface area contributed by atoms with Gasteiger partial charge in [0, 0.05) is 19.0 Å². The van der Waals surface area contributed by atoms with E-state index in [2.05, 4.69) is 16.6 Å². The summed E-state index contributed by atoms with van der Waals surface area (Å²) >= 11 is 0. The van der Waals surface area contributed by atoms with Crippen LogP contribution < -0.4 is 10.6 Å². The van der Waals surface area contributed by atoms with Crippen molar-refractivity contribution in [3.05, 3.63) is 0 Å². The third kappa shape index (κ3) is 2.24. The molecule has 1 aliphatic rings. The molecule has 1 aliphatic heterocycles. The number of hydrogen-bond acceptors (Lipinski definition) is 2. The molecular weight excluding hydrogens is 152 g/mol. The molecule has 1 unspecified atom stereocenters. The third-order valence-electron chi connectivity index (χ3n) is 2.02. The number of carbonyl (C=O) groups excluding carboxylic acids is 1. The summed E-state index contributed by atoms with van der Waals surface area (Å²) in [6.07, 6.45) is 6.62. The SMILES string of the molecule is C#CC1C[C@H](NC(=O)CC)CN1. The Hall–Kier alpha value is -1.01. The maximum absolute atomic E-state index is 11.0. The first kappa shape index (κ1) is 9.08. The number of terminal acetylenes is 1. The van der Waals surface area contributed by atoms with Crippen LogP contribution in [0.25, 0.3) is 0 Å². The lowest BCUT2D eigenvalue weighted by Crippen LogP contribution is -2.35. The van der Waals surface area contributed by atoms with Crippen molar-refractivity contribution in [1.29, 1.82) is 0 Å². The van der Waals surface area contributed by atoms with E-state index in [0.29, 0.717) is 6.42 Å². The fourth-order valence-corrected chi connectivity index (χ4v) is 1.30. The molecule has 3 nitrogen and oxygen atoms in total. The molecule has 1 fully saturated rings. The molecule has 3 heteroatoms. The van der Waals surface area contributed by atoms with Crippen LogP contribution in [0.4, 0.5) is 0 Å². The van der Waals surface area contributed by atoms with Crippen LogP contribution in [0, 0.1) is 12.3 Å². The lowest BCUT2D eigenvalue weighted by atomic mass is 10.2. The van der Waals surface area contributed by atoms with Crippen LogP contribution in [-0.2, 0) is 4.79 Å². The zero-order valence-electron chi connectivity index (χ0n) is 7.26. The molecule has 66 valence electrons. The minimum Gasteiger partial charge on any atom is -0.352 e. The van der Waals surface area contributed by atoms with Crippen molar-refractivity contribution >= 4 is 5.91 Å². The Labute approximate surface area is 72.9 Å². The Morgan fingerprint density at radius 3 is 3.08 bits per heavy atom. The van der Waals surface area contributed by atoms with Gasteiger partial charge in [0.15, 0.2) is 0 Å². The Bertz CT molecular complexity index is 207. The molecule has 0 spiro atoms. The summed E-state index contributed by atoms with van der Waals surface area (Å²) in [5.41, 5.74) is 0. The van der Waals surface area contributed by atoms with Gasteiger partial charge in [0.25, 0.3) is 0 Å². The van der Waals surface area contributed by atoms with Gasteiger partial charge in [0.05, 0.1) is 6.04 Å². The fraction of sp³-hybridized carbons (Fsp3) is 0.667. The predicted molar refractivity (Wildman–Crippen MR) is 47.5 cm³/mol. The summed E-state index contributed by atoms with van der Waals surface area (Å²) in [5.74, 6) is 2.72. The highest BCUT2D eigenvalue weighted by Crippen LogP contribution is 2.05. The van der Waals surface area contributed by atoms with Crippen LogP contribution in [0.5, 0.6) is 0 Å². The second kappa shape index (κ2) is 4.13. The van der Waals surface area contributed by atoms with Crippen LogP contribution in [0.15, 0.2) is 0 Å². The quantitative estimate of drug-likeness (QED) is 0.561. The molecule has 12 heavy (non-hydrogen) atoms. The molecule has 0 bridgehead atoms. The molecule has 1 rings (SSSR count). The van der Waals surface area contributed by atoms with Gasteiger partial charge in [-0.1, -0.05) is 12.8 Å². The van der Waals surface area contributed by atoms with E-state index < -0.39 is 0 Å². The smallest absolute Gasteiger partial charge is 0.219 e. The molecular formula is C9H14N2O. The van der Waals surface area contributed by atoms with E-state index in [1.807, 2.05) is 6.92 Å². The van der Waals surface area contributed by atoms with Crippen LogP contribution >= 0.6 is 0 Å². The van der Waals surface area contributed by atoms with Crippen molar-refractivity contribution in [1.82, 2.24) is 10.6 Å². The first-order valence-corrected chi connectivity index (χ1v) is 4.25. The Kier molecular flexibility index (Phi) is 3.12. The molecule has 0 aliphatic carbocycles. The molecule has 0 saturated carbocycles. The molecule has 1 saturated heterocycles. The molecule has 0 aromatic carbocycles. The Morgan fingerprint density at radius 2 is 2.58 bits per heavy atom. The lowest BCUT2D eigenvalue weighted by Gasteiger charge is -2.09. The van der Waals surface area contributed by atoms with E-state index in [4.69, 9.17) is 6.42 Å². The molecule has 1 heterocycles. The number of hydrogen-bond donors (Lipinski definition) is 2. The maximum Gasteiger partial charge on any atom is 0.219 e. The standard InChI is InChI=1S/C9H14N2O/c1-3-7-5-8(6-10-7)11-9(12)4-2/h1,7-8,10H,4-6H2,2H3,(H,11,12)/t7?,8-/m0/s1. The van der Waals surface area contributed by atoms with Gasteiger partial charge in [0.2, 0.25) is 5.91 Å². The average Bonchev–Trinajstić information content (AvgIpc) is 2.52. The lowest BCUT2D eigenvalue weighted by molar-refractivity contribution is -0.121. The number of nitrogens with one attached hydrogen (secondary N) is 2. The van der Waals surface area contributed by atoms with Gasteiger partial charge < -0.3 is 10.6 Å². The number of carbonyl (C=O) groups is 1. The maximum atomic E-state index is 11.0. The molecule has 2 atom stereocenters. The minimum absolute atomic E-state index is 0.0967. The van der Waals surface area contributed by atoms with Gasteiger partial charge in [-0.3, -0.25) is 4.79 Å². The molecule has 0 radical (unpaired) electrons. The topological polar surface area (TPSA) is 41.1 Å². The third-order valence-corrected chi connectivity index (χ3v) is 2.02. The van der Waals surface area contributed by atoms with Gasteiger partial charge in [-0.05, 0) is 6.42 Å². The van der Waals surface area contributed by atoms with E-state index in [-0.39, 0.29) is 18.0 Å². The molecule has 0 aromatic heterocycles. The zero-order chi connectivity index (χ0) is 8.97. The van der Waals surface area contributed by atoms with Crippen molar-refractivity contribution < 1.29 is 4.79 Å². The molecule has 2 N–H and O–H groups in total. The van der Waals surface area contributed by atoms with Crippen LogP contribution in [0.3, 0.4) is 0 Å². The first-order chi connectivity index (χ1) is 5.76. The van der Waals surface area contributed by atoms with E-state index in [1.54, 1.807) is 0 Å². The summed E-state index contributed by atoms with van der Waals surface area (Å²) in [7, 11) is 0. The van der Waals surface area contributed by atoms with Crippen molar-refractivity contribution in [2.24, 2.45) is 0 Å². The van der Waals surface area contributed by atoms with Crippen LogP contribution in [-0.4, -0.2) is 24.5 Å². The highest BCUT2D eigenvalue weighted by Gasteiger charge is 2.22. The van der Waals surface area contributed by atoms with E-state index in [9.17, 15) is 4.79 Å². The van der Waals surface area contributed by atoms with Gasteiger partial charge in [-0.2, -0.15) is 0 Å². The number of amides is 1. The van der Waals surface area contributed by atoms with Crippen LogP contribution in [0.2, 0.25) is 0 Å². The van der Waals surface area contributed by atoms with Gasteiger partial charge in [0.1, 0.15) is 0 Å². The molecule has 0 aromatic rings. The van der Waals surface area contributed by atoms with E-state index in [0.717, 1.165) is 13.0 Å². The Morgan fingerprint density at radius 1 is 1.83 bits per heavy atom. The second-order valence-corrected chi connectivity index (χ2v) is 2.98. The van der Waals surface area contributed by atoms with Crippen molar-refractivity contribution in [2.45, 2.75) is 31.8 Å². The van der Waals surface area contributed by atoms with E-state index >= 15 is 0 Å². The normalized spacial score (nSPS) is 28.0. The largest absolute Gasteiger partial charge is 0.352 e. The Balaban J connectivity index is 2.29. The van der Waals surface area contributed by atoms with Crippen LogP contribution in [0.1, 0.15) is 19.8 Å². The average molecular weight is 166 g/mol. The predicted octanol–water partition coefficient (Wildman–Crippen LogP) is -0.124. The van der Waals surface area contributed by atoms with Crippen molar-refractivity contribution in [3.63, 3.8) is 0 Å². The van der Waals surface area contributed by atoms with E-state index in [1.165, 1.54) is 0 Å². The first-order valence-electron chi connectivity index (χ1n) is 4.25. The molecule has 1 amide bonds. The second-order valence-electron chi connectivity index (χ2n) is 2.98. The van der Waals surface area contributed by atoms with Crippen molar-refractivity contribution in [3.8, 4) is 12.3 Å². The summed E-state index contributed by atoms with van der Waals surface area (Å²) in [6.45, 7) is 2.64. The minimum atomic E-state index is 0.0967. The number of rotatable bonds is 2.